The lowest BCUT2D eigenvalue weighted by Gasteiger charge is -2.34. The molecule has 1 unspecified atom stereocenters. The molecule has 1 aliphatic rings. The average molecular weight is 318 g/mol. The van der Waals surface area contributed by atoms with Crippen molar-refractivity contribution in [3.8, 4) is 0 Å². The van der Waals surface area contributed by atoms with Crippen LogP contribution in [0.15, 0.2) is 17.0 Å². The second kappa shape index (κ2) is 6.54. The molecule has 7 nitrogen and oxygen atoms in total. The highest BCUT2D eigenvalue weighted by Crippen LogP contribution is 2.26. The van der Waals surface area contributed by atoms with Crippen LogP contribution in [0.5, 0.6) is 0 Å². The molecule has 0 saturated carbocycles. The van der Waals surface area contributed by atoms with E-state index in [1.54, 1.807) is 14.0 Å². The summed E-state index contributed by atoms with van der Waals surface area (Å²) >= 11 is 0. The Bertz CT molecular complexity index is 691. The molecule has 0 spiro atoms. The second-order valence-corrected chi connectivity index (χ2v) is 5.93. The van der Waals surface area contributed by atoms with Crippen LogP contribution in [0.2, 0.25) is 0 Å². The van der Waals surface area contributed by atoms with Crippen molar-refractivity contribution in [2.75, 3.05) is 20.2 Å². The Balaban J connectivity index is 1.80. The topological polar surface area (TPSA) is 73.4 Å². The summed E-state index contributed by atoms with van der Waals surface area (Å²) in [4.78, 5) is 22.9. The summed E-state index contributed by atoms with van der Waals surface area (Å²) in [6.07, 6.45) is 5.15. The Labute approximate surface area is 135 Å². The van der Waals surface area contributed by atoms with Crippen LogP contribution in [0.4, 0.5) is 0 Å². The fourth-order valence-electron chi connectivity index (χ4n) is 3.23. The zero-order valence-corrected chi connectivity index (χ0v) is 13.8. The van der Waals surface area contributed by atoms with Gasteiger partial charge in [0.25, 0.3) is 5.91 Å². The molecule has 1 aliphatic heterocycles. The van der Waals surface area contributed by atoms with E-state index in [0.717, 1.165) is 30.9 Å². The Morgan fingerprint density at radius 2 is 2.26 bits per heavy atom. The second-order valence-electron chi connectivity index (χ2n) is 5.93. The van der Waals surface area contributed by atoms with Crippen LogP contribution < -0.4 is 0 Å². The lowest BCUT2D eigenvalue weighted by Crippen LogP contribution is -2.41. The lowest BCUT2D eigenvalue weighted by atomic mass is 10.0. The highest BCUT2D eigenvalue weighted by atomic mass is 16.5. The number of ether oxygens (including phenoxy) is 1. The maximum Gasteiger partial charge on any atom is 0.291 e. The highest BCUT2D eigenvalue weighted by molar-refractivity contribution is 5.92. The first-order chi connectivity index (χ1) is 11.1. The van der Waals surface area contributed by atoms with E-state index in [1.807, 2.05) is 18.0 Å². The Hall–Kier alpha value is -2.15. The molecule has 1 atom stereocenters. The van der Waals surface area contributed by atoms with E-state index >= 15 is 0 Å². The van der Waals surface area contributed by atoms with Gasteiger partial charge < -0.3 is 18.6 Å². The smallest absolute Gasteiger partial charge is 0.291 e. The van der Waals surface area contributed by atoms with E-state index in [9.17, 15) is 4.79 Å². The van der Waals surface area contributed by atoms with Gasteiger partial charge in [-0.05, 0) is 26.7 Å². The minimum absolute atomic E-state index is 0.0873. The summed E-state index contributed by atoms with van der Waals surface area (Å²) in [6.45, 7) is 5.68. The monoisotopic (exact) mass is 318 g/mol. The number of oxazole rings is 1. The number of rotatable bonds is 4. The third-order valence-corrected chi connectivity index (χ3v) is 4.32. The first-order valence-corrected chi connectivity index (χ1v) is 7.82. The summed E-state index contributed by atoms with van der Waals surface area (Å²) in [5.41, 5.74) is 1.73. The van der Waals surface area contributed by atoms with Crippen LogP contribution in [-0.2, 0) is 11.3 Å². The molecule has 1 saturated heterocycles. The molecule has 1 fully saturated rings. The van der Waals surface area contributed by atoms with Gasteiger partial charge in [-0.25, -0.2) is 9.97 Å². The quantitative estimate of drug-likeness (QED) is 0.863. The lowest BCUT2D eigenvalue weighted by molar-refractivity contribution is 0.0639. The molecule has 3 heterocycles. The molecule has 0 bridgehead atoms. The van der Waals surface area contributed by atoms with Crippen molar-refractivity contribution in [2.45, 2.75) is 39.3 Å². The molecule has 0 N–H and O–H groups in total. The van der Waals surface area contributed by atoms with E-state index in [2.05, 4.69) is 14.5 Å². The van der Waals surface area contributed by atoms with Crippen molar-refractivity contribution < 1.29 is 13.9 Å². The minimum Gasteiger partial charge on any atom is -0.438 e. The molecule has 7 heteroatoms. The fraction of sp³-hybridized carbons (Fsp3) is 0.562. The van der Waals surface area contributed by atoms with Gasteiger partial charge in [-0.3, -0.25) is 4.79 Å². The van der Waals surface area contributed by atoms with Crippen LogP contribution in [0.1, 0.15) is 46.7 Å². The number of piperidine rings is 1. The van der Waals surface area contributed by atoms with Gasteiger partial charge in [-0.2, -0.15) is 0 Å². The number of imidazole rings is 1. The van der Waals surface area contributed by atoms with Crippen molar-refractivity contribution in [3.63, 3.8) is 0 Å². The van der Waals surface area contributed by atoms with E-state index in [0.29, 0.717) is 24.6 Å². The summed E-state index contributed by atoms with van der Waals surface area (Å²) in [5, 5.41) is 0. The van der Waals surface area contributed by atoms with Crippen molar-refractivity contribution in [1.29, 1.82) is 0 Å². The SMILES string of the molecule is COCc1ncc(C)n1C1CCCN(C(=O)c2ocnc2C)C1. The zero-order chi connectivity index (χ0) is 16.4. The number of aromatic nitrogens is 3. The first-order valence-electron chi connectivity index (χ1n) is 7.82. The van der Waals surface area contributed by atoms with Gasteiger partial charge in [0.05, 0.1) is 11.7 Å². The third kappa shape index (κ3) is 3.01. The van der Waals surface area contributed by atoms with Crippen LogP contribution >= 0.6 is 0 Å². The third-order valence-electron chi connectivity index (χ3n) is 4.32. The molecule has 3 rings (SSSR count). The molecule has 23 heavy (non-hydrogen) atoms. The molecular formula is C16H22N4O3. The summed E-state index contributed by atoms with van der Waals surface area (Å²) in [5.74, 6) is 1.15. The number of hydrogen-bond donors (Lipinski definition) is 0. The van der Waals surface area contributed by atoms with Crippen LogP contribution in [0, 0.1) is 13.8 Å². The van der Waals surface area contributed by atoms with Gasteiger partial charge in [0.15, 0.2) is 6.39 Å². The molecule has 0 aliphatic carbocycles. The van der Waals surface area contributed by atoms with Gasteiger partial charge in [-0.1, -0.05) is 0 Å². The van der Waals surface area contributed by atoms with Crippen molar-refractivity contribution in [1.82, 2.24) is 19.4 Å². The van der Waals surface area contributed by atoms with E-state index in [1.165, 1.54) is 6.39 Å². The van der Waals surface area contributed by atoms with Gasteiger partial charge in [0.1, 0.15) is 12.4 Å². The van der Waals surface area contributed by atoms with Crippen molar-refractivity contribution in [2.24, 2.45) is 0 Å². The van der Waals surface area contributed by atoms with E-state index < -0.39 is 0 Å². The molecule has 1 amide bonds. The zero-order valence-electron chi connectivity index (χ0n) is 13.8. The van der Waals surface area contributed by atoms with E-state index in [4.69, 9.17) is 9.15 Å². The largest absolute Gasteiger partial charge is 0.438 e. The molecule has 2 aromatic heterocycles. The standard InChI is InChI=1S/C16H22N4O3/c1-11-7-17-14(9-22-3)20(11)13-5-4-6-19(8-13)16(21)15-12(2)18-10-23-15/h7,10,13H,4-6,8-9H2,1-3H3. The normalized spacial score (nSPS) is 18.4. The Morgan fingerprint density at radius 1 is 1.43 bits per heavy atom. The number of carbonyl (C=O) groups excluding carboxylic acids is 1. The van der Waals surface area contributed by atoms with E-state index in [-0.39, 0.29) is 11.9 Å². The molecule has 0 radical (unpaired) electrons. The number of amides is 1. The maximum absolute atomic E-state index is 12.6. The number of aryl methyl sites for hydroxylation is 2. The first kappa shape index (κ1) is 15.7. The van der Waals surface area contributed by atoms with Crippen molar-refractivity contribution in [3.05, 3.63) is 35.6 Å². The summed E-state index contributed by atoms with van der Waals surface area (Å²) < 4.78 is 12.7. The predicted molar refractivity (Wildman–Crippen MR) is 83.1 cm³/mol. The average Bonchev–Trinajstić information content (AvgIpc) is 3.13. The Kier molecular flexibility index (Phi) is 4.47. The maximum atomic E-state index is 12.6. The fourth-order valence-corrected chi connectivity index (χ4v) is 3.23. The van der Waals surface area contributed by atoms with Crippen molar-refractivity contribution >= 4 is 5.91 Å². The number of nitrogens with zero attached hydrogens (tertiary/aromatic N) is 4. The predicted octanol–water partition coefficient (Wildman–Crippen LogP) is 2.11. The van der Waals surface area contributed by atoms with Gasteiger partial charge in [-0.15, -0.1) is 0 Å². The van der Waals surface area contributed by atoms with Crippen LogP contribution in [0.25, 0.3) is 0 Å². The van der Waals surface area contributed by atoms with Gasteiger partial charge >= 0.3 is 0 Å². The van der Waals surface area contributed by atoms with Crippen LogP contribution in [-0.4, -0.2) is 45.5 Å². The summed E-state index contributed by atoms with van der Waals surface area (Å²) in [7, 11) is 1.66. The van der Waals surface area contributed by atoms with Gasteiger partial charge in [0, 0.05) is 32.1 Å². The molecule has 124 valence electrons. The summed E-state index contributed by atoms with van der Waals surface area (Å²) in [6, 6.07) is 0.212. The Morgan fingerprint density at radius 3 is 2.96 bits per heavy atom. The highest BCUT2D eigenvalue weighted by Gasteiger charge is 2.29. The number of hydrogen-bond acceptors (Lipinski definition) is 5. The number of methoxy groups -OCH3 is 1. The minimum atomic E-state index is -0.0873. The molecule has 0 aromatic carbocycles. The molecule has 2 aromatic rings. The molecular weight excluding hydrogens is 296 g/mol. The number of carbonyl (C=O) groups is 1. The van der Waals surface area contributed by atoms with Gasteiger partial charge in [0.2, 0.25) is 5.76 Å². The number of likely N-dealkylation sites (tertiary alicyclic amines) is 1. The van der Waals surface area contributed by atoms with Crippen LogP contribution in [0.3, 0.4) is 0 Å².